The van der Waals surface area contributed by atoms with E-state index in [1.165, 1.54) is 11.0 Å². The monoisotopic (exact) mass is 484 g/mol. The number of nitrogens with two attached hydrogens (primary N) is 1. The van der Waals surface area contributed by atoms with Crippen molar-refractivity contribution in [2.24, 2.45) is 11.8 Å². The Balaban J connectivity index is 1.44. The van der Waals surface area contributed by atoms with Gasteiger partial charge in [-0.1, -0.05) is 73.7 Å². The third kappa shape index (κ3) is 3.09. The standard InChI is InChI=1S/C29H26FN3O3/c1-2-22-24-25(27(35)33(26(24)34)16-18-10-4-3-5-11-18)29(31-22)20-13-7-9-15-23(20)32(28(29)36)17-19-12-6-8-14-21(19)30/h3-15,22,24-25,31H,2,16-17H2,1H3/p+1/t22-,24-,25+,29+/m1/s1. The van der Waals surface area contributed by atoms with Crippen LogP contribution in [0.5, 0.6) is 0 Å². The summed E-state index contributed by atoms with van der Waals surface area (Å²) in [5, 5.41) is 1.94. The third-order valence-electron chi connectivity index (χ3n) is 8.05. The van der Waals surface area contributed by atoms with Crippen LogP contribution in [0.3, 0.4) is 0 Å². The van der Waals surface area contributed by atoms with Crippen LogP contribution in [0.4, 0.5) is 10.1 Å². The van der Waals surface area contributed by atoms with Gasteiger partial charge in [0.1, 0.15) is 17.7 Å². The van der Waals surface area contributed by atoms with Crippen molar-refractivity contribution < 1.29 is 24.1 Å². The van der Waals surface area contributed by atoms with Crippen molar-refractivity contribution in [2.75, 3.05) is 4.90 Å². The van der Waals surface area contributed by atoms with Crippen molar-refractivity contribution in [2.45, 2.75) is 38.0 Å². The van der Waals surface area contributed by atoms with Crippen LogP contribution in [0, 0.1) is 17.7 Å². The summed E-state index contributed by atoms with van der Waals surface area (Å²) in [5.41, 5.74) is 1.41. The van der Waals surface area contributed by atoms with Crippen molar-refractivity contribution in [1.29, 1.82) is 0 Å². The number of likely N-dealkylation sites (tertiary alicyclic amines) is 1. The molecule has 7 heteroatoms. The Hall–Kier alpha value is -3.84. The number of imide groups is 1. The first-order chi connectivity index (χ1) is 17.5. The average molecular weight is 485 g/mol. The highest BCUT2D eigenvalue weighted by atomic mass is 19.1. The highest BCUT2D eigenvalue weighted by Crippen LogP contribution is 2.51. The minimum Gasteiger partial charge on any atom is -0.326 e. The van der Waals surface area contributed by atoms with Gasteiger partial charge < -0.3 is 10.2 Å². The molecule has 2 saturated heterocycles. The largest absolute Gasteiger partial charge is 0.326 e. The number of halogens is 1. The number of carbonyl (C=O) groups is 3. The number of amides is 3. The molecule has 3 aromatic carbocycles. The quantitative estimate of drug-likeness (QED) is 0.566. The number of fused-ring (bicyclic) bond motifs is 4. The van der Waals surface area contributed by atoms with Crippen LogP contribution in [-0.2, 0) is 33.0 Å². The lowest BCUT2D eigenvalue weighted by Gasteiger charge is -2.27. The van der Waals surface area contributed by atoms with Crippen molar-refractivity contribution in [3.8, 4) is 0 Å². The number of para-hydroxylation sites is 1. The number of quaternary nitrogens is 1. The summed E-state index contributed by atoms with van der Waals surface area (Å²) in [4.78, 5) is 44.8. The van der Waals surface area contributed by atoms with Gasteiger partial charge >= 0.3 is 0 Å². The molecule has 4 atom stereocenters. The summed E-state index contributed by atoms with van der Waals surface area (Å²) < 4.78 is 14.6. The van der Waals surface area contributed by atoms with E-state index in [9.17, 15) is 18.8 Å². The predicted octanol–water partition coefficient (Wildman–Crippen LogP) is 2.72. The van der Waals surface area contributed by atoms with Gasteiger partial charge in [0, 0.05) is 11.1 Å². The number of anilines is 1. The molecule has 36 heavy (non-hydrogen) atoms. The van der Waals surface area contributed by atoms with Crippen molar-refractivity contribution >= 4 is 23.4 Å². The second-order valence-electron chi connectivity index (χ2n) is 9.86. The van der Waals surface area contributed by atoms with Gasteiger partial charge in [-0.3, -0.25) is 19.3 Å². The lowest BCUT2D eigenvalue weighted by atomic mass is 9.76. The van der Waals surface area contributed by atoms with Crippen LogP contribution >= 0.6 is 0 Å². The Labute approximate surface area is 208 Å². The summed E-state index contributed by atoms with van der Waals surface area (Å²) in [5.74, 6) is -2.57. The molecule has 0 aliphatic carbocycles. The Morgan fingerprint density at radius 3 is 2.28 bits per heavy atom. The van der Waals surface area contributed by atoms with Crippen LogP contribution in [0.1, 0.15) is 30.0 Å². The molecule has 3 aromatic rings. The first-order valence-corrected chi connectivity index (χ1v) is 12.4. The number of nitrogens with zero attached hydrogens (tertiary/aromatic N) is 2. The van der Waals surface area contributed by atoms with Crippen LogP contribution in [-0.4, -0.2) is 28.7 Å². The van der Waals surface area contributed by atoms with E-state index in [0.717, 1.165) is 11.1 Å². The van der Waals surface area contributed by atoms with Gasteiger partial charge in [-0.05, 0) is 24.1 Å². The molecule has 3 aliphatic rings. The van der Waals surface area contributed by atoms with E-state index in [1.807, 2.05) is 66.8 Å². The molecule has 182 valence electrons. The minimum absolute atomic E-state index is 0.0577. The molecule has 6 rings (SSSR count). The maximum atomic E-state index is 14.6. The Kier molecular flexibility index (Phi) is 5.26. The SMILES string of the molecule is CC[C@H]1[NH2+][C@]2(C(=O)N(Cc3ccccc3F)c3ccccc32)[C@@H]2C(=O)N(Cc3ccccc3)C(=O)[C@@H]21. The van der Waals surface area contributed by atoms with E-state index in [-0.39, 0.29) is 42.7 Å². The van der Waals surface area contributed by atoms with E-state index < -0.39 is 17.4 Å². The fourth-order valence-electron chi connectivity index (χ4n) is 6.42. The lowest BCUT2D eigenvalue weighted by molar-refractivity contribution is -0.733. The molecule has 3 aliphatic heterocycles. The maximum Gasteiger partial charge on any atom is 0.294 e. The van der Waals surface area contributed by atoms with Crippen molar-refractivity contribution in [1.82, 2.24) is 4.90 Å². The molecule has 3 heterocycles. The van der Waals surface area contributed by atoms with Gasteiger partial charge in [0.15, 0.2) is 0 Å². The van der Waals surface area contributed by atoms with Gasteiger partial charge in [-0.25, -0.2) is 4.39 Å². The molecule has 6 nitrogen and oxygen atoms in total. The van der Waals surface area contributed by atoms with E-state index in [1.54, 1.807) is 23.1 Å². The fraction of sp³-hybridized carbons (Fsp3) is 0.276. The normalized spacial score (nSPS) is 26.7. The van der Waals surface area contributed by atoms with Crippen LogP contribution in [0.25, 0.3) is 0 Å². The summed E-state index contributed by atoms with van der Waals surface area (Å²) >= 11 is 0. The second-order valence-corrected chi connectivity index (χ2v) is 9.86. The Morgan fingerprint density at radius 1 is 0.833 bits per heavy atom. The molecule has 1 spiro atoms. The lowest BCUT2D eigenvalue weighted by Crippen LogP contribution is -2.99. The highest BCUT2D eigenvalue weighted by Gasteiger charge is 2.74. The molecule has 0 aromatic heterocycles. The zero-order chi connectivity index (χ0) is 25.0. The minimum atomic E-state index is -1.24. The second kappa shape index (κ2) is 8.38. The van der Waals surface area contributed by atoms with Gasteiger partial charge in [0.2, 0.25) is 17.4 Å². The van der Waals surface area contributed by atoms with Gasteiger partial charge in [0.25, 0.3) is 5.91 Å². The van der Waals surface area contributed by atoms with Crippen molar-refractivity contribution in [3.63, 3.8) is 0 Å². The Morgan fingerprint density at radius 2 is 1.53 bits per heavy atom. The van der Waals surface area contributed by atoms with E-state index >= 15 is 0 Å². The van der Waals surface area contributed by atoms with E-state index in [0.29, 0.717) is 17.7 Å². The molecule has 2 fully saturated rings. The van der Waals surface area contributed by atoms with E-state index in [2.05, 4.69) is 0 Å². The molecule has 0 saturated carbocycles. The van der Waals surface area contributed by atoms with Gasteiger partial charge in [0.05, 0.1) is 24.8 Å². The smallest absolute Gasteiger partial charge is 0.294 e. The maximum absolute atomic E-state index is 14.6. The molecule has 3 amide bonds. The first kappa shape index (κ1) is 22.6. The third-order valence-corrected chi connectivity index (χ3v) is 8.05. The van der Waals surface area contributed by atoms with Gasteiger partial charge in [-0.15, -0.1) is 0 Å². The number of rotatable bonds is 5. The topological polar surface area (TPSA) is 74.3 Å². The number of hydrogen-bond acceptors (Lipinski definition) is 3. The number of benzene rings is 3. The number of carbonyl (C=O) groups excluding carboxylic acids is 3. The summed E-state index contributed by atoms with van der Waals surface area (Å²) in [7, 11) is 0. The molecular formula is C29H27FN3O3+. The summed E-state index contributed by atoms with van der Waals surface area (Å²) in [6.07, 6.45) is 0.643. The molecule has 0 unspecified atom stereocenters. The molecular weight excluding hydrogens is 457 g/mol. The number of hydrogen-bond donors (Lipinski definition) is 1. The first-order valence-electron chi connectivity index (χ1n) is 12.4. The summed E-state index contributed by atoms with van der Waals surface area (Å²) in [6, 6.07) is 23.0. The van der Waals surface area contributed by atoms with Gasteiger partial charge in [-0.2, -0.15) is 0 Å². The zero-order valence-corrected chi connectivity index (χ0v) is 19.9. The Bertz CT molecular complexity index is 1380. The van der Waals surface area contributed by atoms with Crippen LogP contribution < -0.4 is 10.2 Å². The molecule has 0 radical (unpaired) electrons. The van der Waals surface area contributed by atoms with E-state index in [4.69, 9.17) is 0 Å². The molecule has 0 bridgehead atoms. The predicted molar refractivity (Wildman–Crippen MR) is 131 cm³/mol. The summed E-state index contributed by atoms with van der Waals surface area (Å²) in [6.45, 7) is 2.23. The molecule has 2 N–H and O–H groups in total. The average Bonchev–Trinajstić information content (AvgIpc) is 3.46. The highest BCUT2D eigenvalue weighted by molar-refractivity contribution is 6.14. The van der Waals surface area contributed by atoms with Crippen molar-refractivity contribution in [3.05, 3.63) is 101 Å². The fourth-order valence-corrected chi connectivity index (χ4v) is 6.42. The zero-order valence-electron chi connectivity index (χ0n) is 19.9. The van der Waals surface area contributed by atoms with Crippen LogP contribution in [0.2, 0.25) is 0 Å². The van der Waals surface area contributed by atoms with Crippen LogP contribution in [0.15, 0.2) is 78.9 Å².